The number of halogens is 1. The molecule has 2 aromatic carbocycles. The van der Waals surface area contributed by atoms with Crippen LogP contribution >= 0.6 is 12.4 Å². The molecule has 0 aliphatic rings. The summed E-state index contributed by atoms with van der Waals surface area (Å²) in [7, 11) is 1.63. The predicted octanol–water partition coefficient (Wildman–Crippen LogP) is 3.00. The first-order valence-electron chi connectivity index (χ1n) is 7.98. The number of ether oxygens (including phenoxy) is 2. The first kappa shape index (κ1) is 21.1. The van der Waals surface area contributed by atoms with Gasteiger partial charge in [-0.3, -0.25) is 4.79 Å². The molecule has 2 N–H and O–H groups in total. The molecule has 6 heteroatoms. The molecule has 0 aliphatic carbocycles. The van der Waals surface area contributed by atoms with Gasteiger partial charge in [0.1, 0.15) is 0 Å². The Kier molecular flexibility index (Phi) is 10.5. The third kappa shape index (κ3) is 8.65. The molecule has 0 fully saturated rings. The van der Waals surface area contributed by atoms with Gasteiger partial charge < -0.3 is 20.1 Å². The molecule has 25 heavy (non-hydrogen) atoms. The molecule has 0 unspecified atom stereocenters. The summed E-state index contributed by atoms with van der Waals surface area (Å²) >= 11 is 0. The summed E-state index contributed by atoms with van der Waals surface area (Å²) in [4.78, 5) is 11.8. The lowest BCUT2D eigenvalue weighted by molar-refractivity contribution is -0.115. The topological polar surface area (TPSA) is 59.6 Å². The van der Waals surface area contributed by atoms with E-state index in [2.05, 4.69) is 10.6 Å². The summed E-state index contributed by atoms with van der Waals surface area (Å²) in [6.45, 7) is 2.64. The van der Waals surface area contributed by atoms with Crippen molar-refractivity contribution in [3.63, 3.8) is 0 Å². The number of nitrogens with one attached hydrogen (secondary N) is 2. The highest BCUT2D eigenvalue weighted by atomic mass is 35.5. The van der Waals surface area contributed by atoms with Crippen LogP contribution in [0, 0.1) is 0 Å². The van der Waals surface area contributed by atoms with E-state index in [1.54, 1.807) is 7.11 Å². The lowest BCUT2D eigenvalue weighted by Crippen LogP contribution is -2.30. The van der Waals surface area contributed by atoms with Gasteiger partial charge in [0.25, 0.3) is 0 Å². The van der Waals surface area contributed by atoms with Crippen LogP contribution in [-0.2, 0) is 27.5 Å². The molecule has 0 heterocycles. The summed E-state index contributed by atoms with van der Waals surface area (Å²) < 4.78 is 10.6. The van der Waals surface area contributed by atoms with Crippen LogP contribution in [0.5, 0.6) is 0 Å². The van der Waals surface area contributed by atoms with E-state index in [9.17, 15) is 4.79 Å². The standard InChI is InChI=1S/C19H24N2O3.ClH/c1-23-12-11-20-13-19(22)21-18-9-7-17(8-10-18)15-24-14-16-5-3-2-4-6-16;/h2-10,20H,11-15H2,1H3,(H,21,22);1H. The minimum Gasteiger partial charge on any atom is -0.383 e. The van der Waals surface area contributed by atoms with E-state index in [4.69, 9.17) is 9.47 Å². The molecule has 0 saturated heterocycles. The molecule has 0 aliphatic heterocycles. The molecule has 0 radical (unpaired) electrons. The van der Waals surface area contributed by atoms with Crippen LogP contribution < -0.4 is 10.6 Å². The van der Waals surface area contributed by atoms with Gasteiger partial charge in [0.15, 0.2) is 0 Å². The van der Waals surface area contributed by atoms with E-state index >= 15 is 0 Å². The number of rotatable bonds is 10. The number of methoxy groups -OCH3 is 1. The van der Waals surface area contributed by atoms with Crippen molar-refractivity contribution in [3.05, 3.63) is 65.7 Å². The average Bonchev–Trinajstić information content (AvgIpc) is 2.61. The van der Waals surface area contributed by atoms with Gasteiger partial charge in [-0.2, -0.15) is 0 Å². The second-order valence-corrected chi connectivity index (χ2v) is 5.39. The van der Waals surface area contributed by atoms with Gasteiger partial charge in [0, 0.05) is 19.3 Å². The zero-order chi connectivity index (χ0) is 17.0. The van der Waals surface area contributed by atoms with Crippen molar-refractivity contribution in [2.24, 2.45) is 0 Å². The number of anilines is 1. The Bertz CT molecular complexity index is 606. The molecule has 1 amide bonds. The molecule has 136 valence electrons. The Balaban J connectivity index is 0.00000312. The molecular weight excluding hydrogens is 340 g/mol. The summed E-state index contributed by atoms with van der Waals surface area (Å²) in [5.41, 5.74) is 3.00. The lowest BCUT2D eigenvalue weighted by atomic mass is 10.2. The van der Waals surface area contributed by atoms with Crippen LogP contribution in [-0.4, -0.2) is 32.7 Å². The Morgan fingerprint density at radius 2 is 1.60 bits per heavy atom. The summed E-state index contributed by atoms with van der Waals surface area (Å²) in [6.07, 6.45) is 0. The molecule has 0 bridgehead atoms. The van der Waals surface area contributed by atoms with Crippen molar-refractivity contribution in [1.29, 1.82) is 0 Å². The smallest absolute Gasteiger partial charge is 0.238 e. The van der Waals surface area contributed by atoms with E-state index in [-0.39, 0.29) is 24.9 Å². The van der Waals surface area contributed by atoms with E-state index in [1.807, 2.05) is 54.6 Å². The van der Waals surface area contributed by atoms with Gasteiger partial charge in [0.05, 0.1) is 26.4 Å². The number of benzene rings is 2. The van der Waals surface area contributed by atoms with E-state index in [0.717, 1.165) is 16.8 Å². The number of carbonyl (C=O) groups excluding carboxylic acids is 1. The lowest BCUT2D eigenvalue weighted by Gasteiger charge is -2.08. The van der Waals surface area contributed by atoms with Crippen molar-refractivity contribution in [2.45, 2.75) is 13.2 Å². The molecule has 0 spiro atoms. The van der Waals surface area contributed by atoms with Crippen molar-refractivity contribution >= 4 is 24.0 Å². The Morgan fingerprint density at radius 1 is 0.960 bits per heavy atom. The highest BCUT2D eigenvalue weighted by Crippen LogP contribution is 2.11. The molecule has 0 atom stereocenters. The first-order chi connectivity index (χ1) is 11.8. The van der Waals surface area contributed by atoms with Gasteiger partial charge >= 0.3 is 0 Å². The second-order valence-electron chi connectivity index (χ2n) is 5.39. The van der Waals surface area contributed by atoms with Crippen molar-refractivity contribution in [3.8, 4) is 0 Å². The molecule has 0 saturated carbocycles. The quantitative estimate of drug-likeness (QED) is 0.636. The number of amides is 1. The fourth-order valence-corrected chi connectivity index (χ4v) is 2.13. The summed E-state index contributed by atoms with van der Waals surface area (Å²) in [6, 6.07) is 17.8. The minimum atomic E-state index is -0.0702. The fourth-order valence-electron chi connectivity index (χ4n) is 2.13. The molecule has 2 aromatic rings. The van der Waals surface area contributed by atoms with Gasteiger partial charge in [-0.25, -0.2) is 0 Å². The van der Waals surface area contributed by atoms with Crippen LogP contribution in [0.4, 0.5) is 5.69 Å². The monoisotopic (exact) mass is 364 g/mol. The normalized spacial score (nSPS) is 10.1. The predicted molar refractivity (Wildman–Crippen MR) is 102 cm³/mol. The van der Waals surface area contributed by atoms with Crippen LogP contribution in [0.3, 0.4) is 0 Å². The van der Waals surface area contributed by atoms with Gasteiger partial charge in [-0.05, 0) is 23.3 Å². The van der Waals surface area contributed by atoms with E-state index in [1.165, 1.54) is 0 Å². The second kappa shape index (κ2) is 12.4. The molecule has 5 nitrogen and oxygen atoms in total. The van der Waals surface area contributed by atoms with E-state index < -0.39 is 0 Å². The van der Waals surface area contributed by atoms with E-state index in [0.29, 0.717) is 26.4 Å². The third-order valence-corrected chi connectivity index (χ3v) is 3.39. The summed E-state index contributed by atoms with van der Waals surface area (Å²) in [5.74, 6) is -0.0702. The summed E-state index contributed by atoms with van der Waals surface area (Å²) in [5, 5.41) is 5.85. The van der Waals surface area contributed by atoms with Gasteiger partial charge in [-0.1, -0.05) is 42.5 Å². The molecule has 0 aromatic heterocycles. The Labute approximate surface area is 155 Å². The highest BCUT2D eigenvalue weighted by Gasteiger charge is 2.02. The van der Waals surface area contributed by atoms with Crippen LogP contribution in [0.2, 0.25) is 0 Å². The van der Waals surface area contributed by atoms with Crippen LogP contribution in [0.15, 0.2) is 54.6 Å². The molecular formula is C19H25ClN2O3. The van der Waals surface area contributed by atoms with Gasteiger partial charge in [-0.15, -0.1) is 12.4 Å². The zero-order valence-corrected chi connectivity index (χ0v) is 15.2. The van der Waals surface area contributed by atoms with Gasteiger partial charge in [0.2, 0.25) is 5.91 Å². The first-order valence-corrected chi connectivity index (χ1v) is 7.98. The fraction of sp³-hybridized carbons (Fsp3) is 0.316. The zero-order valence-electron chi connectivity index (χ0n) is 14.4. The maximum atomic E-state index is 11.8. The highest BCUT2D eigenvalue weighted by molar-refractivity contribution is 5.92. The Hall–Kier alpha value is -1.92. The van der Waals surface area contributed by atoms with Crippen LogP contribution in [0.1, 0.15) is 11.1 Å². The number of hydrogen-bond acceptors (Lipinski definition) is 4. The minimum absolute atomic E-state index is 0. The van der Waals surface area contributed by atoms with Crippen LogP contribution in [0.25, 0.3) is 0 Å². The maximum absolute atomic E-state index is 11.8. The SMILES string of the molecule is COCCNCC(=O)Nc1ccc(COCc2ccccc2)cc1.Cl. The Morgan fingerprint density at radius 3 is 2.24 bits per heavy atom. The molecule has 2 rings (SSSR count). The van der Waals surface area contributed by atoms with Crippen molar-refractivity contribution < 1.29 is 14.3 Å². The number of hydrogen-bond donors (Lipinski definition) is 2. The third-order valence-electron chi connectivity index (χ3n) is 3.39. The van der Waals surface area contributed by atoms with Crippen molar-refractivity contribution in [1.82, 2.24) is 5.32 Å². The average molecular weight is 365 g/mol. The van der Waals surface area contributed by atoms with Crippen molar-refractivity contribution in [2.75, 3.05) is 32.1 Å². The number of carbonyl (C=O) groups is 1. The largest absolute Gasteiger partial charge is 0.383 e. The maximum Gasteiger partial charge on any atom is 0.238 e.